The number of hydrogen-bond donors (Lipinski definition) is 2. The lowest BCUT2D eigenvalue weighted by molar-refractivity contribution is 0.474. The smallest absolute Gasteiger partial charge is 0.115 e. The van der Waals surface area contributed by atoms with Gasteiger partial charge in [-0.25, -0.2) is 0 Å². The maximum atomic E-state index is 9.57. The quantitative estimate of drug-likeness (QED) is 0.452. The van der Waals surface area contributed by atoms with Gasteiger partial charge in [-0.1, -0.05) is 95.6 Å². The van der Waals surface area contributed by atoms with Crippen molar-refractivity contribution in [2.45, 2.75) is 53.4 Å². The van der Waals surface area contributed by atoms with E-state index < -0.39 is 0 Å². The Morgan fingerprint density at radius 2 is 0.897 bits per heavy atom. The maximum absolute atomic E-state index is 9.57. The van der Waals surface area contributed by atoms with Crippen LogP contribution in [0.5, 0.6) is 11.5 Å². The Hall–Kier alpha value is -2.74. The van der Waals surface area contributed by atoms with E-state index in [1.165, 1.54) is 6.42 Å². The largest absolute Gasteiger partial charge is 0.508 e. The second-order valence-corrected chi connectivity index (χ2v) is 8.02. The summed E-state index contributed by atoms with van der Waals surface area (Å²) in [5.41, 5.74) is 2.97. The van der Waals surface area contributed by atoms with Crippen LogP contribution in [0.3, 0.4) is 0 Å². The lowest BCUT2D eigenvalue weighted by Crippen LogP contribution is -2.25. The van der Waals surface area contributed by atoms with Crippen molar-refractivity contribution in [2.24, 2.45) is 5.92 Å². The zero-order valence-electron chi connectivity index (χ0n) is 18.7. The summed E-state index contributed by atoms with van der Waals surface area (Å²) in [5.74, 6) is 1.34. The molecule has 2 nitrogen and oxygen atoms in total. The molecule has 0 fully saturated rings. The van der Waals surface area contributed by atoms with Crippen LogP contribution < -0.4 is 0 Å². The lowest BCUT2D eigenvalue weighted by atomic mass is 9.71. The van der Waals surface area contributed by atoms with Crippen LogP contribution >= 0.6 is 0 Å². The van der Waals surface area contributed by atoms with Crippen molar-refractivity contribution in [3.05, 3.63) is 95.6 Å². The number of hydrogen-bond acceptors (Lipinski definition) is 2. The van der Waals surface area contributed by atoms with Gasteiger partial charge in [0.05, 0.1) is 0 Å². The summed E-state index contributed by atoms with van der Waals surface area (Å²) >= 11 is 0. The third kappa shape index (κ3) is 7.30. The first-order valence-corrected chi connectivity index (χ1v) is 10.4. The van der Waals surface area contributed by atoms with E-state index in [9.17, 15) is 10.2 Å². The lowest BCUT2D eigenvalue weighted by Gasteiger charge is -2.32. The summed E-state index contributed by atoms with van der Waals surface area (Å²) in [7, 11) is 0. The van der Waals surface area contributed by atoms with Gasteiger partial charge in [-0.05, 0) is 53.8 Å². The molecule has 0 bridgehead atoms. The van der Waals surface area contributed by atoms with E-state index in [-0.39, 0.29) is 16.9 Å². The first-order valence-electron chi connectivity index (χ1n) is 10.4. The van der Waals surface area contributed by atoms with Gasteiger partial charge in [0.15, 0.2) is 0 Å². The molecule has 0 amide bonds. The van der Waals surface area contributed by atoms with Crippen molar-refractivity contribution in [3.8, 4) is 11.5 Å². The van der Waals surface area contributed by atoms with Gasteiger partial charge >= 0.3 is 0 Å². The van der Waals surface area contributed by atoms with Crippen molar-refractivity contribution < 1.29 is 10.2 Å². The molecular weight excluding hydrogens is 356 g/mol. The highest BCUT2D eigenvalue weighted by Gasteiger charge is 2.30. The third-order valence-electron chi connectivity index (χ3n) is 4.24. The Morgan fingerprint density at radius 1 is 0.621 bits per heavy atom. The standard InChI is InChI=1S/C20H18O2.C4H10.C3H8/c1-20(15-5-3-2-4-6-15,16-7-11-18(21)12-8-16)17-9-13-19(22)14-10-17;1-4(2)3;1-3-2/h2-14,21-22H,1H3;4H,1-3H3;3H2,1-2H3. The predicted molar refractivity (Wildman–Crippen MR) is 125 cm³/mol. The molecule has 3 aromatic carbocycles. The minimum Gasteiger partial charge on any atom is -0.508 e. The second-order valence-electron chi connectivity index (χ2n) is 8.02. The number of benzene rings is 3. The van der Waals surface area contributed by atoms with E-state index in [0.717, 1.165) is 22.6 Å². The van der Waals surface area contributed by atoms with Crippen LogP contribution in [-0.4, -0.2) is 10.2 Å². The first-order chi connectivity index (χ1) is 13.7. The van der Waals surface area contributed by atoms with Gasteiger partial charge in [0, 0.05) is 5.41 Å². The molecule has 0 aromatic heterocycles. The highest BCUT2D eigenvalue weighted by Crippen LogP contribution is 2.39. The Kier molecular flexibility index (Phi) is 10.0. The maximum Gasteiger partial charge on any atom is 0.115 e. The molecule has 156 valence electrons. The molecule has 0 saturated heterocycles. The molecule has 0 atom stereocenters. The molecule has 3 rings (SSSR count). The molecule has 0 aliphatic rings. The van der Waals surface area contributed by atoms with Crippen LogP contribution in [0.4, 0.5) is 0 Å². The Bertz CT molecular complexity index is 755. The Morgan fingerprint density at radius 3 is 1.21 bits per heavy atom. The van der Waals surface area contributed by atoms with Gasteiger partial charge in [0.2, 0.25) is 0 Å². The molecule has 29 heavy (non-hydrogen) atoms. The van der Waals surface area contributed by atoms with E-state index in [1.54, 1.807) is 24.3 Å². The normalized spacial score (nSPS) is 10.4. The van der Waals surface area contributed by atoms with Gasteiger partial charge in [-0.3, -0.25) is 0 Å². The number of phenols is 2. The van der Waals surface area contributed by atoms with E-state index >= 15 is 0 Å². The van der Waals surface area contributed by atoms with Crippen LogP contribution in [0.25, 0.3) is 0 Å². The second kappa shape index (κ2) is 12.0. The fourth-order valence-electron chi connectivity index (χ4n) is 2.86. The van der Waals surface area contributed by atoms with Crippen molar-refractivity contribution in [3.63, 3.8) is 0 Å². The number of phenolic OH excluding ortho intramolecular Hbond substituents is 2. The summed E-state index contributed by atoms with van der Waals surface area (Å²) in [5, 5.41) is 19.1. The van der Waals surface area contributed by atoms with Crippen LogP contribution in [0, 0.1) is 5.92 Å². The van der Waals surface area contributed by atoms with Crippen molar-refractivity contribution >= 4 is 0 Å². The van der Waals surface area contributed by atoms with E-state index in [0.29, 0.717) is 0 Å². The van der Waals surface area contributed by atoms with E-state index in [4.69, 9.17) is 0 Å². The minimum absolute atomic E-state index is 0.255. The van der Waals surface area contributed by atoms with Crippen LogP contribution in [-0.2, 0) is 5.41 Å². The SMILES string of the molecule is CC(C)C.CC(c1ccccc1)(c1ccc(O)cc1)c1ccc(O)cc1.CCC. The highest BCUT2D eigenvalue weighted by molar-refractivity contribution is 5.50. The zero-order valence-corrected chi connectivity index (χ0v) is 18.7. The summed E-state index contributed by atoms with van der Waals surface area (Å²) in [6.45, 7) is 12.9. The van der Waals surface area contributed by atoms with E-state index in [1.807, 2.05) is 42.5 Å². The molecule has 0 aliphatic heterocycles. The fourth-order valence-corrected chi connectivity index (χ4v) is 2.86. The molecule has 2 N–H and O–H groups in total. The van der Waals surface area contributed by atoms with Crippen molar-refractivity contribution in [1.82, 2.24) is 0 Å². The molecular formula is C27H36O2. The molecule has 0 heterocycles. The van der Waals surface area contributed by atoms with Gasteiger partial charge in [-0.15, -0.1) is 0 Å². The monoisotopic (exact) mass is 392 g/mol. The van der Waals surface area contributed by atoms with Crippen LogP contribution in [0.1, 0.15) is 64.7 Å². The number of aromatic hydroxyl groups is 2. The zero-order chi connectivity index (χ0) is 21.9. The highest BCUT2D eigenvalue weighted by atomic mass is 16.3. The molecule has 2 heteroatoms. The average molecular weight is 393 g/mol. The van der Waals surface area contributed by atoms with Gasteiger partial charge < -0.3 is 10.2 Å². The summed E-state index contributed by atoms with van der Waals surface area (Å²) < 4.78 is 0. The van der Waals surface area contributed by atoms with Crippen LogP contribution in [0.2, 0.25) is 0 Å². The minimum atomic E-state index is -0.358. The Balaban J connectivity index is 0.000000526. The predicted octanol–water partition coefficient (Wildman–Crippen LogP) is 7.53. The summed E-state index contributed by atoms with van der Waals surface area (Å²) in [6, 6.07) is 24.8. The molecule has 0 spiro atoms. The first kappa shape index (κ1) is 24.3. The van der Waals surface area contributed by atoms with Gasteiger partial charge in [-0.2, -0.15) is 0 Å². The summed E-state index contributed by atoms with van der Waals surface area (Å²) in [6.07, 6.45) is 1.25. The van der Waals surface area contributed by atoms with Gasteiger partial charge in [0.1, 0.15) is 11.5 Å². The summed E-state index contributed by atoms with van der Waals surface area (Å²) in [4.78, 5) is 0. The third-order valence-corrected chi connectivity index (χ3v) is 4.24. The number of rotatable bonds is 3. The molecule has 0 aliphatic carbocycles. The van der Waals surface area contributed by atoms with E-state index in [2.05, 4.69) is 53.7 Å². The fraction of sp³-hybridized carbons (Fsp3) is 0.333. The van der Waals surface area contributed by atoms with Crippen molar-refractivity contribution in [2.75, 3.05) is 0 Å². The average Bonchev–Trinajstić information content (AvgIpc) is 2.69. The Labute approximate surface area is 176 Å². The molecule has 0 radical (unpaired) electrons. The topological polar surface area (TPSA) is 40.5 Å². The van der Waals surface area contributed by atoms with Gasteiger partial charge in [0.25, 0.3) is 0 Å². The molecule has 3 aromatic rings. The van der Waals surface area contributed by atoms with Crippen LogP contribution in [0.15, 0.2) is 78.9 Å². The molecule has 0 unspecified atom stereocenters. The molecule has 0 saturated carbocycles. The van der Waals surface area contributed by atoms with Crippen molar-refractivity contribution in [1.29, 1.82) is 0 Å².